The first kappa shape index (κ1) is 8.97. The Kier molecular flexibility index (Phi) is 4.50. The second-order valence-electron chi connectivity index (χ2n) is 2.97. The summed E-state index contributed by atoms with van der Waals surface area (Å²) < 4.78 is 4.81. The van der Waals surface area contributed by atoms with Gasteiger partial charge in [-0.15, -0.1) is 0 Å². The second kappa shape index (κ2) is 5.52. The van der Waals surface area contributed by atoms with Crippen molar-refractivity contribution in [2.75, 3.05) is 26.3 Å². The molecule has 0 radical (unpaired) electrons. The van der Waals surface area contributed by atoms with E-state index in [9.17, 15) is 0 Å². The maximum Gasteiger partial charge on any atom is 0.0795 e. The van der Waals surface area contributed by atoms with Crippen LogP contribution in [0.5, 0.6) is 0 Å². The van der Waals surface area contributed by atoms with Crippen LogP contribution in [-0.2, 0) is 4.74 Å². The van der Waals surface area contributed by atoms with E-state index in [2.05, 4.69) is 5.32 Å². The van der Waals surface area contributed by atoms with E-state index in [0.717, 1.165) is 13.0 Å². The molecule has 3 heteroatoms. The highest BCUT2D eigenvalue weighted by atomic mass is 16.5. The lowest BCUT2D eigenvalue weighted by Crippen LogP contribution is -2.03. The Morgan fingerprint density at radius 2 is 2.00 bits per heavy atom. The van der Waals surface area contributed by atoms with Crippen LogP contribution in [0.2, 0.25) is 0 Å². The van der Waals surface area contributed by atoms with Gasteiger partial charge in [-0.25, -0.2) is 0 Å². The molecule has 0 spiro atoms. The SMILES string of the molecule is C1CCNC1.OC1CCOC1. The molecule has 2 aliphatic rings. The summed E-state index contributed by atoms with van der Waals surface area (Å²) in [6.07, 6.45) is 3.42. The second-order valence-corrected chi connectivity index (χ2v) is 2.97. The van der Waals surface area contributed by atoms with Crippen molar-refractivity contribution in [3.8, 4) is 0 Å². The molecule has 0 aliphatic carbocycles. The Balaban J connectivity index is 0.000000112. The summed E-state index contributed by atoms with van der Waals surface area (Å²) in [5.41, 5.74) is 0. The third-order valence-electron chi connectivity index (χ3n) is 1.86. The van der Waals surface area contributed by atoms with E-state index in [1.807, 2.05) is 0 Å². The Hall–Kier alpha value is -0.120. The van der Waals surface area contributed by atoms with Crippen molar-refractivity contribution in [2.45, 2.75) is 25.4 Å². The summed E-state index contributed by atoms with van der Waals surface area (Å²) in [6, 6.07) is 0. The van der Waals surface area contributed by atoms with Crippen LogP contribution in [-0.4, -0.2) is 37.5 Å². The van der Waals surface area contributed by atoms with Crippen molar-refractivity contribution >= 4 is 0 Å². The molecular formula is C8H17NO2. The fourth-order valence-electron chi connectivity index (χ4n) is 1.15. The molecule has 11 heavy (non-hydrogen) atoms. The minimum absolute atomic E-state index is 0.176. The maximum atomic E-state index is 8.60. The van der Waals surface area contributed by atoms with E-state index >= 15 is 0 Å². The van der Waals surface area contributed by atoms with Crippen LogP contribution < -0.4 is 5.32 Å². The quantitative estimate of drug-likeness (QED) is 0.528. The van der Waals surface area contributed by atoms with Crippen LogP contribution in [0.3, 0.4) is 0 Å². The van der Waals surface area contributed by atoms with Crippen LogP contribution in [0, 0.1) is 0 Å². The Morgan fingerprint density at radius 1 is 1.27 bits per heavy atom. The lowest BCUT2D eigenvalue weighted by Gasteiger charge is -1.89. The summed E-state index contributed by atoms with van der Waals surface area (Å²) in [7, 11) is 0. The Labute approximate surface area is 67.7 Å². The van der Waals surface area contributed by atoms with Crippen molar-refractivity contribution in [1.29, 1.82) is 0 Å². The van der Waals surface area contributed by atoms with Gasteiger partial charge in [0.05, 0.1) is 12.7 Å². The van der Waals surface area contributed by atoms with Gasteiger partial charge in [0.1, 0.15) is 0 Å². The van der Waals surface area contributed by atoms with E-state index in [1.165, 1.54) is 25.9 Å². The minimum Gasteiger partial charge on any atom is -0.391 e. The number of nitrogens with one attached hydrogen (secondary N) is 1. The van der Waals surface area contributed by atoms with E-state index in [0.29, 0.717) is 6.61 Å². The molecule has 2 heterocycles. The van der Waals surface area contributed by atoms with E-state index in [4.69, 9.17) is 9.84 Å². The van der Waals surface area contributed by atoms with Crippen LogP contribution in [0.25, 0.3) is 0 Å². The fourth-order valence-corrected chi connectivity index (χ4v) is 1.15. The Bertz CT molecular complexity index is 80.5. The van der Waals surface area contributed by atoms with Crippen LogP contribution >= 0.6 is 0 Å². The molecule has 0 aromatic heterocycles. The molecule has 0 aromatic carbocycles. The standard InChI is InChI=1S/C4H9N.C4H8O2/c1-2-4-5-3-1;5-4-1-2-6-3-4/h5H,1-4H2;4-5H,1-3H2. The first-order valence-electron chi connectivity index (χ1n) is 4.36. The molecule has 2 aliphatic heterocycles. The van der Waals surface area contributed by atoms with Crippen molar-refractivity contribution in [1.82, 2.24) is 5.32 Å². The summed E-state index contributed by atoms with van der Waals surface area (Å²) in [5.74, 6) is 0. The highest BCUT2D eigenvalue weighted by molar-refractivity contribution is 4.58. The van der Waals surface area contributed by atoms with Gasteiger partial charge >= 0.3 is 0 Å². The van der Waals surface area contributed by atoms with Gasteiger partial charge in [-0.2, -0.15) is 0 Å². The molecule has 1 unspecified atom stereocenters. The summed E-state index contributed by atoms with van der Waals surface area (Å²) in [5, 5.41) is 11.8. The van der Waals surface area contributed by atoms with Gasteiger partial charge in [0, 0.05) is 6.61 Å². The van der Waals surface area contributed by atoms with E-state index in [1.54, 1.807) is 0 Å². The normalized spacial score (nSPS) is 29.7. The van der Waals surface area contributed by atoms with Gasteiger partial charge in [-0.05, 0) is 32.4 Å². The number of ether oxygens (including phenoxy) is 1. The first-order valence-corrected chi connectivity index (χ1v) is 4.36. The minimum atomic E-state index is -0.176. The first-order chi connectivity index (χ1) is 5.39. The summed E-state index contributed by atoms with van der Waals surface area (Å²) >= 11 is 0. The molecule has 0 amide bonds. The number of aliphatic hydroxyl groups is 1. The average Bonchev–Trinajstić information content (AvgIpc) is 2.57. The molecule has 2 fully saturated rings. The highest BCUT2D eigenvalue weighted by Gasteiger charge is 2.09. The van der Waals surface area contributed by atoms with E-state index < -0.39 is 0 Å². The molecule has 3 nitrogen and oxygen atoms in total. The molecular weight excluding hydrogens is 142 g/mol. The van der Waals surface area contributed by atoms with Gasteiger partial charge in [0.15, 0.2) is 0 Å². The zero-order chi connectivity index (χ0) is 7.94. The number of hydrogen-bond acceptors (Lipinski definition) is 3. The lowest BCUT2D eigenvalue weighted by atomic mass is 10.3. The summed E-state index contributed by atoms with van der Waals surface area (Å²) in [4.78, 5) is 0. The van der Waals surface area contributed by atoms with Gasteiger partial charge in [0.25, 0.3) is 0 Å². The third-order valence-corrected chi connectivity index (χ3v) is 1.86. The molecule has 66 valence electrons. The monoisotopic (exact) mass is 159 g/mol. The number of hydrogen-bond donors (Lipinski definition) is 2. The largest absolute Gasteiger partial charge is 0.391 e. The van der Waals surface area contributed by atoms with Gasteiger partial charge < -0.3 is 15.2 Å². The number of rotatable bonds is 0. The van der Waals surface area contributed by atoms with Crippen LogP contribution in [0.1, 0.15) is 19.3 Å². The number of aliphatic hydroxyl groups excluding tert-OH is 1. The zero-order valence-corrected chi connectivity index (χ0v) is 6.88. The molecule has 1 atom stereocenters. The Morgan fingerprint density at radius 3 is 2.18 bits per heavy atom. The predicted molar refractivity (Wildman–Crippen MR) is 43.5 cm³/mol. The third kappa shape index (κ3) is 4.35. The predicted octanol–water partition coefficient (Wildman–Crippen LogP) is 0.137. The smallest absolute Gasteiger partial charge is 0.0795 e. The van der Waals surface area contributed by atoms with Crippen molar-refractivity contribution in [3.63, 3.8) is 0 Å². The van der Waals surface area contributed by atoms with E-state index in [-0.39, 0.29) is 6.10 Å². The lowest BCUT2D eigenvalue weighted by molar-refractivity contribution is 0.127. The molecule has 2 N–H and O–H groups in total. The molecule has 2 rings (SSSR count). The topological polar surface area (TPSA) is 41.5 Å². The van der Waals surface area contributed by atoms with Crippen molar-refractivity contribution in [2.24, 2.45) is 0 Å². The van der Waals surface area contributed by atoms with Gasteiger partial charge in [0.2, 0.25) is 0 Å². The van der Waals surface area contributed by atoms with Gasteiger partial charge in [-0.1, -0.05) is 0 Å². The van der Waals surface area contributed by atoms with Crippen LogP contribution in [0.15, 0.2) is 0 Å². The molecule has 0 saturated carbocycles. The van der Waals surface area contributed by atoms with Crippen LogP contribution in [0.4, 0.5) is 0 Å². The summed E-state index contributed by atoms with van der Waals surface area (Å²) in [6.45, 7) is 3.78. The average molecular weight is 159 g/mol. The maximum absolute atomic E-state index is 8.60. The van der Waals surface area contributed by atoms with Crippen molar-refractivity contribution in [3.05, 3.63) is 0 Å². The van der Waals surface area contributed by atoms with Crippen molar-refractivity contribution < 1.29 is 9.84 Å². The van der Waals surface area contributed by atoms with Gasteiger partial charge in [-0.3, -0.25) is 0 Å². The zero-order valence-electron chi connectivity index (χ0n) is 6.88. The molecule has 2 saturated heterocycles. The molecule has 0 aromatic rings. The highest BCUT2D eigenvalue weighted by Crippen LogP contribution is 2.00. The molecule has 0 bridgehead atoms. The fraction of sp³-hybridized carbons (Fsp3) is 1.00.